The fourth-order valence-electron chi connectivity index (χ4n) is 2.16. The number of carbonyl (C=O) groups excluding carboxylic acids is 1. The second kappa shape index (κ2) is 6.60. The van der Waals surface area contributed by atoms with E-state index in [2.05, 4.69) is 10.4 Å². The minimum Gasteiger partial charge on any atom is -0.479 e. The zero-order valence-electron chi connectivity index (χ0n) is 12.9. The Hall–Kier alpha value is -2.70. The monoisotopic (exact) mass is 319 g/mol. The summed E-state index contributed by atoms with van der Waals surface area (Å²) >= 11 is 0. The van der Waals surface area contributed by atoms with E-state index in [-0.39, 0.29) is 11.1 Å². The van der Waals surface area contributed by atoms with Crippen LogP contribution >= 0.6 is 0 Å². The molecule has 0 fully saturated rings. The van der Waals surface area contributed by atoms with Crippen molar-refractivity contribution >= 4 is 11.9 Å². The molecule has 7 heteroatoms. The third kappa shape index (κ3) is 3.56. The number of rotatable bonds is 6. The largest absolute Gasteiger partial charge is 0.479 e. The van der Waals surface area contributed by atoms with E-state index < -0.39 is 23.2 Å². The van der Waals surface area contributed by atoms with Crippen LogP contribution in [0.4, 0.5) is 4.39 Å². The molecule has 0 saturated heterocycles. The van der Waals surface area contributed by atoms with E-state index >= 15 is 0 Å². The first kappa shape index (κ1) is 16.7. The lowest BCUT2D eigenvalue weighted by Gasteiger charge is -2.26. The molecule has 0 aliphatic carbocycles. The van der Waals surface area contributed by atoms with Crippen molar-refractivity contribution in [2.24, 2.45) is 0 Å². The number of carboxylic acid groups (broad SMARTS) is 1. The molecular formula is C16H18FN3O3. The first-order valence-corrected chi connectivity index (χ1v) is 7.21. The topological polar surface area (TPSA) is 84.2 Å². The molecule has 23 heavy (non-hydrogen) atoms. The van der Waals surface area contributed by atoms with Crippen LogP contribution in [0.2, 0.25) is 0 Å². The number of nitrogens with one attached hydrogen (secondary N) is 1. The molecule has 1 amide bonds. The number of halogens is 1. The van der Waals surface area contributed by atoms with E-state index in [1.54, 1.807) is 10.9 Å². The summed E-state index contributed by atoms with van der Waals surface area (Å²) in [5.41, 5.74) is -1.12. The van der Waals surface area contributed by atoms with Crippen LogP contribution in [-0.2, 0) is 16.9 Å². The number of aryl methyl sites for hydroxylation is 1. The molecule has 1 aromatic carbocycles. The molecule has 0 saturated carbocycles. The van der Waals surface area contributed by atoms with Crippen molar-refractivity contribution in [3.63, 3.8) is 0 Å². The number of amides is 1. The normalized spacial score (nSPS) is 13.3. The summed E-state index contributed by atoms with van der Waals surface area (Å²) in [6.45, 7) is 4.01. The number of aromatic nitrogens is 2. The van der Waals surface area contributed by atoms with E-state index in [1.165, 1.54) is 25.3 Å². The van der Waals surface area contributed by atoms with Crippen LogP contribution in [0.1, 0.15) is 36.2 Å². The number of carboxylic acids is 1. The van der Waals surface area contributed by atoms with Gasteiger partial charge in [0, 0.05) is 12.7 Å². The summed E-state index contributed by atoms with van der Waals surface area (Å²) < 4.78 is 14.6. The van der Waals surface area contributed by atoms with Crippen molar-refractivity contribution < 1.29 is 19.1 Å². The molecule has 2 rings (SSSR count). The van der Waals surface area contributed by atoms with Gasteiger partial charge in [-0.3, -0.25) is 9.48 Å². The smallest absolute Gasteiger partial charge is 0.333 e. The van der Waals surface area contributed by atoms with Gasteiger partial charge in [-0.25, -0.2) is 9.18 Å². The maximum absolute atomic E-state index is 13.0. The quantitative estimate of drug-likeness (QED) is 0.854. The van der Waals surface area contributed by atoms with Crippen LogP contribution in [0.25, 0.3) is 0 Å². The third-order valence-electron chi connectivity index (χ3n) is 3.56. The van der Waals surface area contributed by atoms with Gasteiger partial charge in [0.25, 0.3) is 5.91 Å². The molecule has 0 radical (unpaired) electrons. The number of hydrogen-bond donors (Lipinski definition) is 2. The van der Waals surface area contributed by atoms with Crippen LogP contribution in [0.5, 0.6) is 0 Å². The highest BCUT2D eigenvalue weighted by molar-refractivity contribution is 5.97. The Bertz CT molecular complexity index is 712. The van der Waals surface area contributed by atoms with E-state index in [9.17, 15) is 19.1 Å². The second-order valence-electron chi connectivity index (χ2n) is 5.38. The second-order valence-corrected chi connectivity index (χ2v) is 5.38. The summed E-state index contributed by atoms with van der Waals surface area (Å²) in [5.74, 6) is -2.27. The molecule has 0 bridgehead atoms. The highest BCUT2D eigenvalue weighted by Gasteiger charge is 2.37. The van der Waals surface area contributed by atoms with E-state index in [4.69, 9.17) is 0 Å². The lowest BCUT2D eigenvalue weighted by atomic mass is 9.91. The number of aliphatic carboxylic acids is 1. The van der Waals surface area contributed by atoms with E-state index in [0.29, 0.717) is 6.54 Å². The average molecular weight is 319 g/mol. The lowest BCUT2D eigenvalue weighted by Crippen LogP contribution is -2.49. The molecule has 1 aromatic heterocycles. The standard InChI is InChI=1S/C16H18FN3O3/c1-3-8-20-10-11(9-18-20)14(21)19-16(2,15(22)23)12-4-6-13(17)7-5-12/h4-7,9-10H,3,8H2,1-2H3,(H,19,21)(H,22,23). The zero-order chi connectivity index (χ0) is 17.0. The number of hydrogen-bond acceptors (Lipinski definition) is 3. The van der Waals surface area contributed by atoms with Crippen LogP contribution in [0, 0.1) is 5.82 Å². The van der Waals surface area contributed by atoms with Crippen molar-refractivity contribution in [3.05, 3.63) is 53.6 Å². The summed E-state index contributed by atoms with van der Waals surface area (Å²) in [5, 5.41) is 16.0. The molecule has 1 heterocycles. The fraction of sp³-hybridized carbons (Fsp3) is 0.312. The minimum atomic E-state index is -1.67. The Morgan fingerprint density at radius 2 is 2.00 bits per heavy atom. The Morgan fingerprint density at radius 3 is 2.57 bits per heavy atom. The molecule has 6 nitrogen and oxygen atoms in total. The summed E-state index contributed by atoms with van der Waals surface area (Å²) in [4.78, 5) is 24.0. The minimum absolute atomic E-state index is 0.271. The van der Waals surface area contributed by atoms with Crippen LogP contribution in [0.3, 0.4) is 0 Å². The Labute approximate surface area is 132 Å². The molecule has 122 valence electrons. The summed E-state index contributed by atoms with van der Waals surface area (Å²) in [6, 6.07) is 4.98. The molecular weight excluding hydrogens is 301 g/mol. The van der Waals surface area contributed by atoms with Gasteiger partial charge in [-0.05, 0) is 31.0 Å². The van der Waals surface area contributed by atoms with Gasteiger partial charge in [0.15, 0.2) is 5.54 Å². The average Bonchev–Trinajstić information content (AvgIpc) is 2.96. The number of nitrogens with zero attached hydrogens (tertiary/aromatic N) is 2. The van der Waals surface area contributed by atoms with Crippen molar-refractivity contribution in [3.8, 4) is 0 Å². The van der Waals surface area contributed by atoms with Gasteiger partial charge < -0.3 is 10.4 Å². The van der Waals surface area contributed by atoms with Gasteiger partial charge >= 0.3 is 5.97 Å². The third-order valence-corrected chi connectivity index (χ3v) is 3.56. The van der Waals surface area contributed by atoms with Crippen molar-refractivity contribution in [2.45, 2.75) is 32.4 Å². The molecule has 1 atom stereocenters. The van der Waals surface area contributed by atoms with E-state index in [1.807, 2.05) is 6.92 Å². The van der Waals surface area contributed by atoms with Gasteiger partial charge in [-0.2, -0.15) is 5.10 Å². The van der Waals surface area contributed by atoms with Crippen LogP contribution < -0.4 is 5.32 Å². The van der Waals surface area contributed by atoms with Crippen LogP contribution in [0.15, 0.2) is 36.7 Å². The predicted molar refractivity (Wildman–Crippen MR) is 81.4 cm³/mol. The molecule has 0 aliphatic heterocycles. The molecule has 1 unspecified atom stereocenters. The maximum Gasteiger partial charge on any atom is 0.333 e. The molecule has 2 N–H and O–H groups in total. The number of carbonyl (C=O) groups is 2. The Morgan fingerprint density at radius 1 is 1.35 bits per heavy atom. The van der Waals surface area contributed by atoms with Crippen molar-refractivity contribution in [1.82, 2.24) is 15.1 Å². The first-order chi connectivity index (χ1) is 10.9. The predicted octanol–water partition coefficient (Wildman–Crippen LogP) is 2.16. The molecule has 2 aromatic rings. The van der Waals surface area contributed by atoms with Gasteiger partial charge in [0.2, 0.25) is 0 Å². The van der Waals surface area contributed by atoms with Gasteiger partial charge in [-0.1, -0.05) is 19.1 Å². The Kier molecular flexibility index (Phi) is 4.78. The SMILES string of the molecule is CCCn1cc(C(=O)NC(C)(C(=O)O)c2ccc(F)cc2)cn1. The van der Waals surface area contributed by atoms with Crippen molar-refractivity contribution in [1.29, 1.82) is 0 Å². The zero-order valence-corrected chi connectivity index (χ0v) is 12.9. The summed E-state index contributed by atoms with van der Waals surface area (Å²) in [6.07, 6.45) is 3.81. The molecule has 0 aliphatic rings. The summed E-state index contributed by atoms with van der Waals surface area (Å²) in [7, 11) is 0. The molecule has 0 spiro atoms. The van der Waals surface area contributed by atoms with Gasteiger partial charge in [-0.15, -0.1) is 0 Å². The highest BCUT2D eigenvalue weighted by atomic mass is 19.1. The fourth-order valence-corrected chi connectivity index (χ4v) is 2.16. The van der Waals surface area contributed by atoms with E-state index in [0.717, 1.165) is 18.6 Å². The lowest BCUT2D eigenvalue weighted by molar-refractivity contribution is -0.144. The first-order valence-electron chi connectivity index (χ1n) is 7.21. The highest BCUT2D eigenvalue weighted by Crippen LogP contribution is 2.22. The number of benzene rings is 1. The maximum atomic E-state index is 13.0. The van der Waals surface area contributed by atoms with Crippen LogP contribution in [-0.4, -0.2) is 26.8 Å². The van der Waals surface area contributed by atoms with Gasteiger partial charge in [0.05, 0.1) is 11.8 Å². The Balaban J connectivity index is 2.26. The van der Waals surface area contributed by atoms with Crippen molar-refractivity contribution in [2.75, 3.05) is 0 Å². The van der Waals surface area contributed by atoms with Gasteiger partial charge in [0.1, 0.15) is 5.82 Å².